The van der Waals surface area contributed by atoms with Gasteiger partial charge in [-0.3, -0.25) is 0 Å². The van der Waals surface area contributed by atoms with Crippen LogP contribution in [0.5, 0.6) is 0 Å². The van der Waals surface area contributed by atoms with Gasteiger partial charge in [-0.05, 0) is 38.8 Å². The summed E-state index contributed by atoms with van der Waals surface area (Å²) in [6.45, 7) is 6.24. The van der Waals surface area contributed by atoms with Gasteiger partial charge in [-0.15, -0.1) is 0 Å². The highest BCUT2D eigenvalue weighted by molar-refractivity contribution is 5.83. The zero-order valence-electron chi connectivity index (χ0n) is 11.6. The maximum Gasteiger partial charge on any atom is 0.407 e. The molecular formula is C15H20N2O2. The van der Waals surface area contributed by atoms with Crippen LogP contribution >= 0.6 is 0 Å². The predicted molar refractivity (Wildman–Crippen MR) is 76.5 cm³/mol. The molecule has 0 saturated heterocycles. The van der Waals surface area contributed by atoms with E-state index < -0.39 is 6.09 Å². The molecule has 2 aromatic rings. The molecule has 0 fully saturated rings. The molecule has 0 saturated carbocycles. The smallest absolute Gasteiger partial charge is 0.407 e. The van der Waals surface area contributed by atoms with E-state index in [4.69, 9.17) is 0 Å². The molecule has 0 atom stereocenters. The van der Waals surface area contributed by atoms with Gasteiger partial charge in [0.25, 0.3) is 0 Å². The van der Waals surface area contributed by atoms with Gasteiger partial charge in [-0.25, -0.2) is 4.79 Å². The van der Waals surface area contributed by atoms with Crippen molar-refractivity contribution in [3.63, 3.8) is 0 Å². The molecule has 0 radical (unpaired) electrons. The fourth-order valence-corrected chi connectivity index (χ4v) is 2.29. The van der Waals surface area contributed by atoms with Gasteiger partial charge in [-0.1, -0.05) is 18.2 Å². The lowest BCUT2D eigenvalue weighted by Crippen LogP contribution is -2.45. The van der Waals surface area contributed by atoms with E-state index in [2.05, 4.69) is 11.1 Å². The highest BCUT2D eigenvalue weighted by atomic mass is 16.4. The van der Waals surface area contributed by atoms with Crippen molar-refractivity contribution in [2.45, 2.75) is 32.7 Å². The average molecular weight is 260 g/mol. The Morgan fingerprint density at radius 1 is 1.32 bits per heavy atom. The van der Waals surface area contributed by atoms with E-state index in [1.54, 1.807) is 0 Å². The van der Waals surface area contributed by atoms with Gasteiger partial charge in [0.15, 0.2) is 0 Å². The van der Waals surface area contributed by atoms with Crippen molar-refractivity contribution >= 4 is 17.0 Å². The summed E-state index contributed by atoms with van der Waals surface area (Å²) in [5.74, 6) is 0. The molecule has 4 nitrogen and oxygen atoms in total. The van der Waals surface area contributed by atoms with Crippen LogP contribution in [0.3, 0.4) is 0 Å². The zero-order chi connectivity index (χ0) is 14.0. The Hall–Kier alpha value is -1.97. The van der Waals surface area contributed by atoms with E-state index in [0.717, 1.165) is 11.1 Å². The van der Waals surface area contributed by atoms with Crippen molar-refractivity contribution in [2.24, 2.45) is 0 Å². The maximum absolute atomic E-state index is 11.3. The SMILES string of the molecule is CC(C)(C)N(CCc1c[nH]c2ccccc12)C(=O)O. The number of nitrogens with one attached hydrogen (secondary N) is 1. The second-order valence-corrected chi connectivity index (χ2v) is 5.71. The maximum atomic E-state index is 11.3. The number of carboxylic acid groups (broad SMARTS) is 1. The normalized spacial score (nSPS) is 11.7. The van der Waals surface area contributed by atoms with E-state index >= 15 is 0 Å². The Morgan fingerprint density at radius 2 is 2.00 bits per heavy atom. The third-order valence-electron chi connectivity index (χ3n) is 3.32. The Labute approximate surface area is 113 Å². The summed E-state index contributed by atoms with van der Waals surface area (Å²) in [4.78, 5) is 16.0. The summed E-state index contributed by atoms with van der Waals surface area (Å²) in [7, 11) is 0. The molecule has 102 valence electrons. The fourth-order valence-electron chi connectivity index (χ4n) is 2.29. The first-order valence-electron chi connectivity index (χ1n) is 6.45. The van der Waals surface area contributed by atoms with Crippen molar-refractivity contribution < 1.29 is 9.90 Å². The lowest BCUT2D eigenvalue weighted by Gasteiger charge is -2.33. The first-order chi connectivity index (χ1) is 8.89. The number of para-hydroxylation sites is 1. The lowest BCUT2D eigenvalue weighted by atomic mass is 10.0. The molecule has 0 aliphatic carbocycles. The number of nitrogens with zero attached hydrogens (tertiary/aromatic N) is 1. The number of hydrogen-bond donors (Lipinski definition) is 2. The van der Waals surface area contributed by atoms with Gasteiger partial charge >= 0.3 is 6.09 Å². The number of H-pyrrole nitrogens is 1. The summed E-state index contributed by atoms with van der Waals surface area (Å²) in [6, 6.07) is 8.07. The molecule has 1 heterocycles. The van der Waals surface area contributed by atoms with Crippen LogP contribution in [0, 0.1) is 0 Å². The van der Waals surface area contributed by atoms with Crippen molar-refractivity contribution in [3.05, 3.63) is 36.0 Å². The highest BCUT2D eigenvalue weighted by Crippen LogP contribution is 2.20. The van der Waals surface area contributed by atoms with Crippen LogP contribution in [-0.4, -0.2) is 33.2 Å². The van der Waals surface area contributed by atoms with E-state index in [-0.39, 0.29) is 5.54 Å². The minimum Gasteiger partial charge on any atom is -0.465 e. The lowest BCUT2D eigenvalue weighted by molar-refractivity contribution is 0.101. The summed E-state index contributed by atoms with van der Waals surface area (Å²) in [6.07, 6.45) is 1.81. The van der Waals surface area contributed by atoms with Gasteiger partial charge in [0.1, 0.15) is 0 Å². The monoisotopic (exact) mass is 260 g/mol. The summed E-state index contributed by atoms with van der Waals surface area (Å²) in [5.41, 5.74) is 1.87. The van der Waals surface area contributed by atoms with Crippen LogP contribution in [-0.2, 0) is 6.42 Å². The average Bonchev–Trinajstić information content (AvgIpc) is 2.71. The standard InChI is InChI=1S/C15H20N2O2/c1-15(2,3)17(14(18)19)9-8-11-10-16-13-7-5-4-6-12(11)13/h4-7,10,16H,8-9H2,1-3H3,(H,18,19). The van der Waals surface area contributed by atoms with E-state index in [1.807, 2.05) is 45.2 Å². The van der Waals surface area contributed by atoms with Crippen LogP contribution in [0.2, 0.25) is 0 Å². The van der Waals surface area contributed by atoms with Gasteiger partial charge in [-0.2, -0.15) is 0 Å². The fraction of sp³-hybridized carbons (Fsp3) is 0.400. The molecule has 0 unspecified atom stereocenters. The molecule has 0 aliphatic rings. The van der Waals surface area contributed by atoms with E-state index in [1.165, 1.54) is 10.3 Å². The molecule has 1 aromatic heterocycles. The van der Waals surface area contributed by atoms with Crippen molar-refractivity contribution in [1.29, 1.82) is 0 Å². The van der Waals surface area contributed by atoms with Gasteiger partial charge in [0.05, 0.1) is 0 Å². The quantitative estimate of drug-likeness (QED) is 0.887. The first-order valence-corrected chi connectivity index (χ1v) is 6.45. The molecule has 4 heteroatoms. The van der Waals surface area contributed by atoms with E-state index in [9.17, 15) is 9.90 Å². The second kappa shape index (κ2) is 4.96. The molecule has 0 aliphatic heterocycles. The predicted octanol–water partition coefficient (Wildman–Crippen LogP) is 3.49. The van der Waals surface area contributed by atoms with Crippen molar-refractivity contribution in [1.82, 2.24) is 9.88 Å². The molecule has 1 aromatic carbocycles. The Bertz CT molecular complexity index is 581. The largest absolute Gasteiger partial charge is 0.465 e. The van der Waals surface area contributed by atoms with Gasteiger partial charge in [0, 0.05) is 29.2 Å². The Kier molecular flexibility index (Phi) is 3.51. The second-order valence-electron chi connectivity index (χ2n) is 5.71. The molecule has 1 amide bonds. The number of benzene rings is 1. The number of aromatic nitrogens is 1. The third kappa shape index (κ3) is 2.89. The van der Waals surface area contributed by atoms with Crippen molar-refractivity contribution in [3.8, 4) is 0 Å². The molecule has 19 heavy (non-hydrogen) atoms. The Morgan fingerprint density at radius 3 is 2.63 bits per heavy atom. The van der Waals surface area contributed by atoms with Crippen LogP contribution in [0.4, 0.5) is 4.79 Å². The number of amides is 1. The van der Waals surface area contributed by atoms with Crippen LogP contribution in [0.15, 0.2) is 30.5 Å². The number of fused-ring (bicyclic) bond motifs is 1. The summed E-state index contributed by atoms with van der Waals surface area (Å²) >= 11 is 0. The first kappa shape index (κ1) is 13.5. The number of rotatable bonds is 3. The molecule has 2 N–H and O–H groups in total. The molecule has 2 rings (SSSR count). The molecule has 0 bridgehead atoms. The minimum absolute atomic E-state index is 0.377. The van der Waals surface area contributed by atoms with Crippen molar-refractivity contribution in [2.75, 3.05) is 6.54 Å². The summed E-state index contributed by atoms with van der Waals surface area (Å²) in [5, 5.41) is 10.4. The van der Waals surface area contributed by atoms with E-state index in [0.29, 0.717) is 13.0 Å². The topological polar surface area (TPSA) is 56.3 Å². The van der Waals surface area contributed by atoms with Crippen LogP contribution < -0.4 is 0 Å². The third-order valence-corrected chi connectivity index (χ3v) is 3.32. The van der Waals surface area contributed by atoms with Crippen LogP contribution in [0.1, 0.15) is 26.3 Å². The number of hydrogen-bond acceptors (Lipinski definition) is 1. The Balaban J connectivity index is 2.15. The van der Waals surface area contributed by atoms with Gasteiger partial charge in [0.2, 0.25) is 0 Å². The minimum atomic E-state index is -0.868. The summed E-state index contributed by atoms with van der Waals surface area (Å²) < 4.78 is 0. The van der Waals surface area contributed by atoms with Gasteiger partial charge < -0.3 is 15.0 Å². The number of carbonyl (C=O) groups is 1. The van der Waals surface area contributed by atoms with Crippen LogP contribution in [0.25, 0.3) is 10.9 Å². The highest BCUT2D eigenvalue weighted by Gasteiger charge is 2.25. The molecular weight excluding hydrogens is 240 g/mol. The molecule has 0 spiro atoms. The number of aromatic amines is 1. The zero-order valence-corrected chi connectivity index (χ0v) is 11.6.